The largest absolute Gasteiger partial charge is 0.419 e. The summed E-state index contributed by atoms with van der Waals surface area (Å²) >= 11 is 6.16. The van der Waals surface area contributed by atoms with Crippen LogP contribution in [-0.4, -0.2) is 34.5 Å². The third-order valence-corrected chi connectivity index (χ3v) is 5.21. The van der Waals surface area contributed by atoms with E-state index in [9.17, 15) is 32.3 Å². The first-order valence-corrected chi connectivity index (χ1v) is 9.49. The van der Waals surface area contributed by atoms with Crippen LogP contribution in [-0.2, 0) is 12.7 Å². The molecule has 1 atom stereocenters. The van der Waals surface area contributed by atoms with Gasteiger partial charge >= 0.3 is 6.18 Å². The van der Waals surface area contributed by atoms with E-state index in [2.05, 4.69) is 0 Å². The molecule has 0 fully saturated rings. The van der Waals surface area contributed by atoms with Gasteiger partial charge in [0.2, 0.25) is 0 Å². The van der Waals surface area contributed by atoms with Crippen molar-refractivity contribution >= 4 is 29.5 Å². The Bertz CT molecular complexity index is 1070. The number of hydrogen-bond donors (Lipinski definition) is 2. The first-order valence-electron chi connectivity index (χ1n) is 9.11. The van der Waals surface area contributed by atoms with Crippen LogP contribution in [0.5, 0.6) is 0 Å². The van der Waals surface area contributed by atoms with Gasteiger partial charge in [-0.05, 0) is 48.4 Å². The molecule has 31 heavy (non-hydrogen) atoms. The molecule has 0 bridgehead atoms. The molecular weight excluding hydrogens is 440 g/mol. The monoisotopic (exact) mass is 456 g/mol. The number of hydrogen-bond acceptors (Lipinski definition) is 4. The second kappa shape index (κ2) is 8.68. The molecule has 2 aromatic rings. The lowest BCUT2D eigenvalue weighted by Crippen LogP contribution is -2.34. The average Bonchev–Trinajstić information content (AvgIpc) is 2.71. The summed E-state index contributed by atoms with van der Waals surface area (Å²) in [6, 6.07) is 4.67. The Kier molecular flexibility index (Phi) is 6.38. The van der Waals surface area contributed by atoms with Crippen LogP contribution in [0.2, 0.25) is 5.02 Å². The summed E-state index contributed by atoms with van der Waals surface area (Å²) in [6.07, 6.45) is -1.60. The number of nitrogens with zero attached hydrogens (tertiary/aromatic N) is 1. The van der Waals surface area contributed by atoms with E-state index in [1.54, 1.807) is 18.3 Å². The molecule has 1 aliphatic rings. The maximum Gasteiger partial charge on any atom is 0.419 e. The zero-order valence-corrected chi connectivity index (χ0v) is 16.9. The number of aliphatic hydroxyl groups excluding tert-OH is 1. The quantitative estimate of drug-likeness (QED) is 0.533. The summed E-state index contributed by atoms with van der Waals surface area (Å²) in [5, 5.41) is 11.4. The van der Waals surface area contributed by atoms with Crippen molar-refractivity contribution < 1.29 is 32.3 Å². The average molecular weight is 457 g/mol. The van der Waals surface area contributed by atoms with Gasteiger partial charge in [-0.1, -0.05) is 17.7 Å². The number of alkyl halides is 3. The van der Waals surface area contributed by atoms with Gasteiger partial charge in [0.1, 0.15) is 5.82 Å². The highest BCUT2D eigenvalue weighted by Gasteiger charge is 2.34. The van der Waals surface area contributed by atoms with E-state index in [0.29, 0.717) is 24.2 Å². The molecule has 5 nitrogen and oxygen atoms in total. The number of aliphatic hydroxyl groups is 1. The zero-order chi connectivity index (χ0) is 22.9. The number of nitrogens with one attached hydrogen (secondary N) is 1. The number of benzene rings is 2. The van der Waals surface area contributed by atoms with Crippen molar-refractivity contribution in [2.45, 2.75) is 25.7 Å². The Morgan fingerprint density at radius 3 is 2.55 bits per heavy atom. The van der Waals surface area contributed by atoms with Crippen LogP contribution in [0.1, 0.15) is 44.3 Å². The Balaban J connectivity index is 1.85. The summed E-state index contributed by atoms with van der Waals surface area (Å²) in [4.78, 5) is 26.9. The summed E-state index contributed by atoms with van der Waals surface area (Å²) in [6.45, 7) is 2.14. The van der Waals surface area contributed by atoms with Crippen LogP contribution in [0.15, 0.2) is 36.5 Å². The fourth-order valence-electron chi connectivity index (χ4n) is 3.15. The van der Waals surface area contributed by atoms with Crippen molar-refractivity contribution in [2.24, 2.45) is 0 Å². The van der Waals surface area contributed by atoms with Gasteiger partial charge in [-0.3, -0.25) is 14.9 Å². The molecule has 0 spiro atoms. The lowest BCUT2D eigenvalue weighted by molar-refractivity contribution is -0.140. The van der Waals surface area contributed by atoms with E-state index in [1.165, 1.54) is 6.07 Å². The highest BCUT2D eigenvalue weighted by Crippen LogP contribution is 2.32. The van der Waals surface area contributed by atoms with Crippen molar-refractivity contribution in [2.75, 3.05) is 6.61 Å². The molecule has 0 saturated carbocycles. The topological polar surface area (TPSA) is 69.6 Å². The number of rotatable bonds is 4. The summed E-state index contributed by atoms with van der Waals surface area (Å²) in [5.41, 5.74) is -0.753. The summed E-state index contributed by atoms with van der Waals surface area (Å²) in [5.74, 6) is -3.56. The molecule has 2 N–H and O–H groups in total. The molecule has 0 aromatic heterocycles. The fraction of sp³-hybridized carbons (Fsp3) is 0.238. The molecule has 2 amide bonds. The maximum atomic E-state index is 13.7. The highest BCUT2D eigenvalue weighted by atomic mass is 35.5. The molecule has 2 aromatic carbocycles. The second-order valence-electron chi connectivity index (χ2n) is 6.99. The normalized spacial score (nSPS) is 14.2. The molecule has 10 heteroatoms. The van der Waals surface area contributed by atoms with Crippen LogP contribution < -0.4 is 5.32 Å². The molecule has 0 aliphatic carbocycles. The van der Waals surface area contributed by atoms with E-state index in [4.69, 9.17) is 11.6 Å². The first-order chi connectivity index (χ1) is 14.5. The number of halogens is 5. The Morgan fingerprint density at radius 1 is 1.23 bits per heavy atom. The van der Waals surface area contributed by atoms with E-state index in [1.807, 2.05) is 17.1 Å². The standard InChI is InChI=1S/C21H17ClF4N2O3/c1-11(10-29)28-7-6-14-13(9-28)3-5-16(22)18(14)20(31)27-19(30)12-2-4-15(17(23)8-12)21(24,25)26/h2-8,11,29H,9-10H2,1H3,(H,27,30,31)/t11-/m1/s1. The molecular formula is C21H17ClF4N2O3. The van der Waals surface area contributed by atoms with Gasteiger partial charge in [-0.2, -0.15) is 13.2 Å². The molecule has 164 valence electrons. The molecule has 1 heterocycles. The van der Waals surface area contributed by atoms with Crippen LogP contribution >= 0.6 is 11.6 Å². The van der Waals surface area contributed by atoms with Gasteiger partial charge in [0.15, 0.2) is 0 Å². The van der Waals surface area contributed by atoms with Gasteiger partial charge in [0.25, 0.3) is 11.8 Å². The summed E-state index contributed by atoms with van der Waals surface area (Å²) in [7, 11) is 0. The smallest absolute Gasteiger partial charge is 0.394 e. The Labute approximate surface area is 179 Å². The predicted molar refractivity (Wildman–Crippen MR) is 106 cm³/mol. The number of imide groups is 1. The number of carbonyl (C=O) groups excluding carboxylic acids is 2. The van der Waals surface area contributed by atoms with Gasteiger partial charge in [-0.25, -0.2) is 4.39 Å². The minimum atomic E-state index is -4.90. The molecule has 0 unspecified atom stereocenters. The van der Waals surface area contributed by atoms with Gasteiger partial charge in [-0.15, -0.1) is 0 Å². The summed E-state index contributed by atoms with van der Waals surface area (Å²) < 4.78 is 51.8. The number of fused-ring (bicyclic) bond motifs is 1. The van der Waals surface area contributed by atoms with Crippen molar-refractivity contribution in [3.8, 4) is 0 Å². The SMILES string of the molecule is C[C@H](CO)N1C=Cc2c(ccc(Cl)c2C(=O)NC(=O)c2ccc(C(F)(F)F)c(F)c2)C1. The van der Waals surface area contributed by atoms with E-state index >= 15 is 0 Å². The van der Waals surface area contributed by atoms with Crippen molar-refractivity contribution in [1.82, 2.24) is 10.2 Å². The maximum absolute atomic E-state index is 13.7. The van der Waals surface area contributed by atoms with Crippen LogP contribution in [0, 0.1) is 5.82 Å². The van der Waals surface area contributed by atoms with Crippen molar-refractivity contribution in [1.29, 1.82) is 0 Å². The minimum Gasteiger partial charge on any atom is -0.394 e. The minimum absolute atomic E-state index is 0.00690. The third-order valence-electron chi connectivity index (χ3n) is 4.89. The van der Waals surface area contributed by atoms with Crippen molar-refractivity contribution in [3.63, 3.8) is 0 Å². The van der Waals surface area contributed by atoms with Gasteiger partial charge < -0.3 is 10.0 Å². The second-order valence-corrected chi connectivity index (χ2v) is 7.40. The lowest BCUT2D eigenvalue weighted by atomic mass is 9.96. The zero-order valence-electron chi connectivity index (χ0n) is 16.1. The number of amides is 2. The third kappa shape index (κ3) is 4.72. The van der Waals surface area contributed by atoms with Gasteiger partial charge in [0.05, 0.1) is 22.8 Å². The lowest BCUT2D eigenvalue weighted by Gasteiger charge is -2.31. The first kappa shape index (κ1) is 22.8. The predicted octanol–water partition coefficient (Wildman–Crippen LogP) is 4.24. The van der Waals surface area contributed by atoms with Crippen LogP contribution in [0.25, 0.3) is 6.08 Å². The Hall–Kier alpha value is -2.91. The fourth-order valence-corrected chi connectivity index (χ4v) is 3.40. The van der Waals surface area contributed by atoms with E-state index < -0.39 is 34.9 Å². The molecule has 0 saturated heterocycles. The Morgan fingerprint density at radius 2 is 1.94 bits per heavy atom. The molecule has 3 rings (SSSR count). The van der Waals surface area contributed by atoms with Crippen LogP contribution in [0.3, 0.4) is 0 Å². The molecule has 1 aliphatic heterocycles. The van der Waals surface area contributed by atoms with E-state index in [0.717, 1.165) is 11.6 Å². The van der Waals surface area contributed by atoms with E-state index in [-0.39, 0.29) is 23.2 Å². The molecule has 0 radical (unpaired) electrons. The van der Waals surface area contributed by atoms with Crippen LogP contribution in [0.4, 0.5) is 17.6 Å². The highest BCUT2D eigenvalue weighted by molar-refractivity contribution is 6.35. The van der Waals surface area contributed by atoms with Gasteiger partial charge in [0, 0.05) is 24.4 Å². The number of carbonyl (C=O) groups is 2. The van der Waals surface area contributed by atoms with Crippen molar-refractivity contribution in [3.05, 3.63) is 75.2 Å².